The lowest BCUT2D eigenvalue weighted by atomic mass is 9.69. The molecular weight excluding hydrogens is 295 g/mol. The summed E-state index contributed by atoms with van der Waals surface area (Å²) in [5.41, 5.74) is 0.227. The fraction of sp³-hybridized carbons (Fsp3) is 0.588. The van der Waals surface area contributed by atoms with Gasteiger partial charge in [0, 0.05) is 5.46 Å². The molecule has 0 bridgehead atoms. The molecule has 1 heterocycles. The number of carbonyl (C=O) groups is 1. The molecule has 1 aliphatic rings. The van der Waals surface area contributed by atoms with Gasteiger partial charge in [0.1, 0.15) is 0 Å². The summed E-state index contributed by atoms with van der Waals surface area (Å²) in [4.78, 5) is 10.9. The topological polar surface area (TPSA) is 67.8 Å². The zero-order chi connectivity index (χ0) is 17.6. The van der Waals surface area contributed by atoms with Crippen molar-refractivity contribution in [2.24, 2.45) is 0 Å². The van der Waals surface area contributed by atoms with Crippen molar-refractivity contribution in [3.63, 3.8) is 0 Å². The molecule has 1 saturated heterocycles. The average molecular weight is 319 g/mol. The molecule has 0 unspecified atom stereocenters. The van der Waals surface area contributed by atoms with E-state index in [1.807, 2.05) is 54.5 Å². The molecule has 126 valence electrons. The molecule has 1 aromatic rings. The van der Waals surface area contributed by atoms with Gasteiger partial charge in [-0.2, -0.15) is 0 Å². The highest BCUT2D eigenvalue weighted by Crippen LogP contribution is 2.38. The lowest BCUT2D eigenvalue weighted by Gasteiger charge is -2.32. The van der Waals surface area contributed by atoms with Gasteiger partial charge in [-0.15, -0.1) is 0 Å². The number of ether oxygens (including phenoxy) is 1. The number of hydrogen-bond donors (Lipinski definition) is 0. The molecule has 1 aromatic carbocycles. The Bertz CT molecular complexity index is 600. The van der Waals surface area contributed by atoms with Crippen molar-refractivity contribution in [2.75, 3.05) is 0 Å². The summed E-state index contributed by atoms with van der Waals surface area (Å²) in [5.74, 6) is 0.191. The van der Waals surface area contributed by atoms with Crippen LogP contribution in [0.5, 0.6) is 5.75 Å². The minimum Gasteiger partial charge on any atom is -0.514 e. The quantitative estimate of drug-likeness (QED) is 0.474. The van der Waals surface area contributed by atoms with Crippen molar-refractivity contribution >= 4 is 18.7 Å². The molecule has 0 saturated carbocycles. The maximum atomic E-state index is 10.9. The van der Waals surface area contributed by atoms with E-state index in [1.165, 1.54) is 0 Å². The summed E-state index contributed by atoms with van der Waals surface area (Å²) < 4.78 is 17.1. The van der Waals surface area contributed by atoms with Gasteiger partial charge in [0.2, 0.25) is 0 Å². The van der Waals surface area contributed by atoms with Crippen molar-refractivity contribution in [1.82, 2.24) is 0 Å². The lowest BCUT2D eigenvalue weighted by molar-refractivity contribution is -0.271. The molecule has 2 rings (SSSR count). The van der Waals surface area contributed by atoms with E-state index < -0.39 is 24.5 Å². The van der Waals surface area contributed by atoms with Crippen molar-refractivity contribution in [3.8, 4) is 5.75 Å². The van der Waals surface area contributed by atoms with Gasteiger partial charge < -0.3 is 23.9 Å². The molecule has 1 aliphatic heterocycles. The Morgan fingerprint density at radius 2 is 1.65 bits per heavy atom. The molecular formula is C17H24BO5-. The normalized spacial score (nSPS) is 19.7. The summed E-state index contributed by atoms with van der Waals surface area (Å²) in [6, 6.07) is 5.28. The Morgan fingerprint density at radius 3 is 2.09 bits per heavy atom. The second-order valence-electron chi connectivity index (χ2n) is 7.91. The summed E-state index contributed by atoms with van der Waals surface area (Å²) >= 11 is 0. The molecule has 6 heteroatoms. The van der Waals surface area contributed by atoms with Gasteiger partial charge in [-0.1, -0.05) is 32.9 Å². The van der Waals surface area contributed by atoms with Crippen LogP contribution in [0.15, 0.2) is 18.2 Å². The smallest absolute Gasteiger partial charge is 0.497 e. The molecule has 0 radical (unpaired) electrons. The van der Waals surface area contributed by atoms with Crippen LogP contribution in [-0.4, -0.2) is 24.5 Å². The zero-order valence-electron chi connectivity index (χ0n) is 14.9. The Hall–Kier alpha value is -1.53. The second kappa shape index (κ2) is 5.53. The summed E-state index contributed by atoms with van der Waals surface area (Å²) in [5, 5.41) is 10.9. The highest BCUT2D eigenvalue weighted by Gasteiger charge is 2.53. The van der Waals surface area contributed by atoms with E-state index in [-0.39, 0.29) is 11.2 Å². The first-order valence-corrected chi connectivity index (χ1v) is 7.73. The van der Waals surface area contributed by atoms with Gasteiger partial charge >= 0.3 is 7.12 Å². The van der Waals surface area contributed by atoms with Crippen LogP contribution >= 0.6 is 0 Å². The van der Waals surface area contributed by atoms with Crippen molar-refractivity contribution in [3.05, 3.63) is 23.8 Å². The van der Waals surface area contributed by atoms with Gasteiger partial charge in [0.15, 0.2) is 0 Å². The lowest BCUT2D eigenvalue weighted by Crippen LogP contribution is -2.42. The van der Waals surface area contributed by atoms with Crippen LogP contribution in [0.4, 0.5) is 4.79 Å². The van der Waals surface area contributed by atoms with Gasteiger partial charge in [-0.05, 0) is 44.7 Å². The Kier molecular flexibility index (Phi) is 4.28. The van der Waals surface area contributed by atoms with Crippen LogP contribution in [-0.2, 0) is 14.7 Å². The fourth-order valence-corrected chi connectivity index (χ4v) is 2.58. The third-order valence-electron chi connectivity index (χ3n) is 4.56. The fourth-order valence-electron chi connectivity index (χ4n) is 2.58. The minimum absolute atomic E-state index is 0.191. The van der Waals surface area contributed by atoms with Crippen LogP contribution in [0.25, 0.3) is 0 Å². The highest BCUT2D eigenvalue weighted by atomic mass is 16.7. The maximum absolute atomic E-state index is 10.9. The van der Waals surface area contributed by atoms with Gasteiger partial charge in [-0.3, -0.25) is 0 Å². The number of benzene rings is 1. The van der Waals surface area contributed by atoms with Crippen LogP contribution in [0.2, 0.25) is 0 Å². The first kappa shape index (κ1) is 17.8. The van der Waals surface area contributed by atoms with E-state index in [4.69, 9.17) is 14.0 Å². The van der Waals surface area contributed by atoms with Gasteiger partial charge in [0.05, 0.1) is 17.0 Å². The first-order chi connectivity index (χ1) is 10.3. The van der Waals surface area contributed by atoms with E-state index in [0.717, 1.165) is 5.56 Å². The summed E-state index contributed by atoms with van der Waals surface area (Å²) in [6.45, 7) is 13.9. The number of carboxylic acid groups (broad SMARTS) is 1. The van der Waals surface area contributed by atoms with Crippen molar-refractivity contribution < 1.29 is 23.9 Å². The van der Waals surface area contributed by atoms with Crippen molar-refractivity contribution in [2.45, 2.75) is 65.1 Å². The van der Waals surface area contributed by atoms with Gasteiger partial charge in [-0.25, -0.2) is 0 Å². The molecule has 0 aromatic heterocycles. The molecule has 0 aliphatic carbocycles. The van der Waals surface area contributed by atoms with E-state index in [1.54, 1.807) is 12.1 Å². The van der Waals surface area contributed by atoms with E-state index in [2.05, 4.69) is 0 Å². The predicted octanol–water partition coefficient (Wildman–Crippen LogP) is 2.01. The molecule has 0 atom stereocenters. The van der Waals surface area contributed by atoms with Crippen molar-refractivity contribution in [1.29, 1.82) is 0 Å². The molecule has 0 N–H and O–H groups in total. The largest absolute Gasteiger partial charge is 0.514 e. The SMILES string of the molecule is CC(C)(C)c1cccc(OC(=O)[O-])c1B1OC(C)(C)C(C)(C)O1. The molecule has 0 amide bonds. The number of carbonyl (C=O) groups excluding carboxylic acids is 1. The van der Waals surface area contributed by atoms with E-state index >= 15 is 0 Å². The van der Waals surface area contributed by atoms with Crippen LogP contribution in [0.3, 0.4) is 0 Å². The van der Waals surface area contributed by atoms with Crippen LogP contribution < -0.4 is 15.3 Å². The minimum atomic E-state index is -1.60. The third kappa shape index (κ3) is 3.38. The Balaban J connectivity index is 2.58. The maximum Gasteiger partial charge on any atom is 0.497 e. The molecule has 23 heavy (non-hydrogen) atoms. The van der Waals surface area contributed by atoms with Crippen LogP contribution in [0, 0.1) is 0 Å². The molecule has 0 spiro atoms. The van der Waals surface area contributed by atoms with Gasteiger partial charge in [0.25, 0.3) is 6.16 Å². The van der Waals surface area contributed by atoms with Crippen LogP contribution in [0.1, 0.15) is 54.0 Å². The standard InChI is InChI=1S/C17H25BO5/c1-15(2,3)11-9-8-10-12(21-14(19)20)13(11)18-22-16(4,5)17(6,7)23-18/h8-10H,1-7H3,(H,19,20)/p-1. The number of hydrogen-bond acceptors (Lipinski definition) is 5. The predicted molar refractivity (Wildman–Crippen MR) is 86.9 cm³/mol. The monoisotopic (exact) mass is 319 g/mol. The number of rotatable bonds is 2. The summed E-state index contributed by atoms with van der Waals surface area (Å²) in [6.07, 6.45) is -1.60. The Labute approximate surface area is 138 Å². The van der Waals surface area contributed by atoms with E-state index in [0.29, 0.717) is 5.46 Å². The second-order valence-corrected chi connectivity index (χ2v) is 7.91. The zero-order valence-corrected chi connectivity index (χ0v) is 14.9. The summed E-state index contributed by atoms with van der Waals surface area (Å²) in [7, 11) is -0.704. The van der Waals surface area contributed by atoms with E-state index in [9.17, 15) is 9.90 Å². The molecule has 5 nitrogen and oxygen atoms in total. The average Bonchev–Trinajstić information content (AvgIpc) is 2.56. The molecule has 1 fully saturated rings. The first-order valence-electron chi connectivity index (χ1n) is 7.73. The third-order valence-corrected chi connectivity index (χ3v) is 4.56. The highest BCUT2D eigenvalue weighted by molar-refractivity contribution is 6.63. The Morgan fingerprint density at radius 1 is 1.13 bits per heavy atom.